The molecule has 2 amide bonds. The van der Waals surface area contributed by atoms with Crippen LogP contribution < -0.4 is 10.6 Å². The summed E-state index contributed by atoms with van der Waals surface area (Å²) in [6.07, 6.45) is 2.74. The summed E-state index contributed by atoms with van der Waals surface area (Å²) in [4.78, 5) is 36.2. The molecule has 35 heavy (non-hydrogen) atoms. The lowest BCUT2D eigenvalue weighted by Gasteiger charge is -2.40. The zero-order valence-corrected chi connectivity index (χ0v) is 19.5. The van der Waals surface area contributed by atoms with Crippen LogP contribution in [-0.2, 0) is 14.3 Å². The van der Waals surface area contributed by atoms with Crippen LogP contribution in [-0.4, -0.2) is 42.3 Å². The molecule has 0 aromatic heterocycles. The maximum Gasteiger partial charge on any atom is 0.407 e. The van der Waals surface area contributed by atoms with E-state index in [9.17, 15) is 14.4 Å². The van der Waals surface area contributed by atoms with Crippen molar-refractivity contribution in [2.24, 2.45) is 29.6 Å². The average Bonchev–Trinajstić information content (AvgIpc) is 3.47. The molecule has 3 unspecified atom stereocenters. The van der Waals surface area contributed by atoms with E-state index in [4.69, 9.17) is 9.84 Å². The summed E-state index contributed by atoms with van der Waals surface area (Å²) < 4.78 is 5.69. The quantitative estimate of drug-likeness (QED) is 0.567. The fourth-order valence-electron chi connectivity index (χ4n) is 6.55. The second-order valence-corrected chi connectivity index (χ2v) is 10.6. The summed E-state index contributed by atoms with van der Waals surface area (Å²) in [6, 6.07) is 16.6. The van der Waals surface area contributed by atoms with E-state index in [1.165, 1.54) is 22.3 Å². The van der Waals surface area contributed by atoms with E-state index in [0.717, 1.165) is 19.3 Å². The molecular formula is C28H30N2O5. The SMILES string of the molecule is O=C(N[C@H]1C[C@H]2CC(C(=O)NCC3CC3C(=O)O)C[C@H]21)OCC1c2ccccc2-c2ccccc21. The lowest BCUT2D eigenvalue weighted by Crippen LogP contribution is -2.50. The van der Waals surface area contributed by atoms with Crippen molar-refractivity contribution < 1.29 is 24.2 Å². The van der Waals surface area contributed by atoms with Crippen molar-refractivity contribution >= 4 is 18.0 Å². The van der Waals surface area contributed by atoms with E-state index in [0.29, 0.717) is 31.4 Å². The lowest BCUT2D eigenvalue weighted by molar-refractivity contribution is -0.139. The highest BCUT2D eigenvalue weighted by molar-refractivity contribution is 5.80. The predicted octanol–water partition coefficient (Wildman–Crippen LogP) is 3.78. The number of benzene rings is 2. The van der Waals surface area contributed by atoms with Gasteiger partial charge >= 0.3 is 12.1 Å². The first-order chi connectivity index (χ1) is 17.0. The monoisotopic (exact) mass is 474 g/mol. The average molecular weight is 475 g/mol. The highest BCUT2D eigenvalue weighted by Gasteiger charge is 2.50. The van der Waals surface area contributed by atoms with Gasteiger partial charge in [0.15, 0.2) is 0 Å². The van der Waals surface area contributed by atoms with Crippen molar-refractivity contribution in [3.8, 4) is 11.1 Å². The number of nitrogens with one attached hydrogen (secondary N) is 2. The number of hydrogen-bond donors (Lipinski definition) is 3. The molecule has 0 spiro atoms. The van der Waals surface area contributed by atoms with Crippen molar-refractivity contribution in [2.75, 3.05) is 13.2 Å². The van der Waals surface area contributed by atoms with Crippen molar-refractivity contribution in [3.05, 3.63) is 59.7 Å². The minimum atomic E-state index is -0.773. The largest absolute Gasteiger partial charge is 0.481 e. The molecule has 6 rings (SSSR count). The molecule has 3 N–H and O–H groups in total. The first-order valence-corrected chi connectivity index (χ1v) is 12.6. The lowest BCUT2D eigenvalue weighted by atomic mass is 9.71. The van der Waals surface area contributed by atoms with Gasteiger partial charge in [-0.1, -0.05) is 48.5 Å². The summed E-state index contributed by atoms with van der Waals surface area (Å²) >= 11 is 0. The number of rotatable bonds is 7. The Morgan fingerprint density at radius 2 is 1.60 bits per heavy atom. The maximum absolute atomic E-state index is 12.6. The number of carbonyl (C=O) groups excluding carboxylic acids is 2. The van der Waals surface area contributed by atoms with Crippen LogP contribution in [0.4, 0.5) is 4.79 Å². The van der Waals surface area contributed by atoms with E-state index in [2.05, 4.69) is 34.9 Å². The van der Waals surface area contributed by atoms with E-state index >= 15 is 0 Å². The third-order valence-electron chi connectivity index (χ3n) is 8.62. The highest BCUT2D eigenvalue weighted by Crippen LogP contribution is 2.50. The van der Waals surface area contributed by atoms with Gasteiger partial charge in [0.2, 0.25) is 5.91 Å². The van der Waals surface area contributed by atoms with E-state index < -0.39 is 12.1 Å². The first-order valence-electron chi connectivity index (χ1n) is 12.6. The minimum absolute atomic E-state index is 0.0235. The van der Waals surface area contributed by atoms with Crippen LogP contribution in [0, 0.1) is 29.6 Å². The second-order valence-electron chi connectivity index (χ2n) is 10.6. The Bertz CT molecular complexity index is 1130. The van der Waals surface area contributed by atoms with Crippen molar-refractivity contribution in [1.82, 2.24) is 10.6 Å². The smallest absolute Gasteiger partial charge is 0.407 e. The van der Waals surface area contributed by atoms with Gasteiger partial charge in [0.25, 0.3) is 0 Å². The molecule has 182 valence electrons. The number of alkyl carbamates (subject to hydrolysis) is 1. The Morgan fingerprint density at radius 1 is 0.914 bits per heavy atom. The molecular weight excluding hydrogens is 444 g/mol. The van der Waals surface area contributed by atoms with Gasteiger partial charge in [0.05, 0.1) is 5.92 Å². The summed E-state index contributed by atoms with van der Waals surface area (Å²) in [5, 5.41) is 15.0. The number of amides is 2. The normalized spacial score (nSPS) is 29.8. The Balaban J connectivity index is 0.985. The van der Waals surface area contributed by atoms with E-state index in [-0.39, 0.29) is 35.6 Å². The molecule has 7 heteroatoms. The van der Waals surface area contributed by atoms with Crippen molar-refractivity contribution in [3.63, 3.8) is 0 Å². The van der Waals surface area contributed by atoms with Crippen LogP contribution in [0.15, 0.2) is 48.5 Å². The van der Waals surface area contributed by atoms with Gasteiger partial charge in [-0.3, -0.25) is 9.59 Å². The van der Waals surface area contributed by atoms with Gasteiger partial charge in [-0.2, -0.15) is 0 Å². The van der Waals surface area contributed by atoms with Crippen LogP contribution in [0.3, 0.4) is 0 Å². The molecule has 4 aliphatic carbocycles. The van der Waals surface area contributed by atoms with Crippen LogP contribution in [0.2, 0.25) is 0 Å². The molecule has 0 heterocycles. The molecule has 0 aliphatic heterocycles. The summed E-state index contributed by atoms with van der Waals surface area (Å²) in [6.45, 7) is 0.743. The van der Waals surface area contributed by atoms with Gasteiger partial charge in [-0.15, -0.1) is 0 Å². The number of aliphatic carboxylic acids is 1. The molecule has 3 fully saturated rings. The molecule has 0 saturated heterocycles. The van der Waals surface area contributed by atoms with Crippen LogP contribution >= 0.6 is 0 Å². The fourth-order valence-corrected chi connectivity index (χ4v) is 6.55. The standard InChI is InChI=1S/C28H30N2O5/c31-26(29-13-17-11-23(17)27(32)33)16-9-15-12-25(22(15)10-16)30-28(34)35-14-24-20-7-3-1-5-18(20)19-6-2-4-8-21(19)24/h1-8,15-17,22-25H,9-14H2,(H,29,31)(H,30,34)(H,32,33)/t15-,16?,17?,22-,23?,25+/m1/s1. The summed E-state index contributed by atoms with van der Waals surface area (Å²) in [5.41, 5.74) is 4.79. The Labute approximate surface area is 204 Å². The molecule has 0 bridgehead atoms. The topological polar surface area (TPSA) is 105 Å². The Hall–Kier alpha value is -3.35. The van der Waals surface area contributed by atoms with Crippen LogP contribution in [0.5, 0.6) is 0 Å². The number of ether oxygens (including phenoxy) is 1. The molecule has 2 aromatic carbocycles. The molecule has 3 saturated carbocycles. The number of carbonyl (C=O) groups is 3. The zero-order valence-electron chi connectivity index (χ0n) is 19.5. The molecule has 7 nitrogen and oxygen atoms in total. The van der Waals surface area contributed by atoms with E-state index in [1.807, 2.05) is 24.3 Å². The van der Waals surface area contributed by atoms with Crippen LogP contribution in [0.25, 0.3) is 11.1 Å². The third-order valence-corrected chi connectivity index (χ3v) is 8.62. The van der Waals surface area contributed by atoms with Gasteiger partial charge in [-0.25, -0.2) is 4.79 Å². The van der Waals surface area contributed by atoms with Gasteiger partial charge in [-0.05, 0) is 65.7 Å². The fraction of sp³-hybridized carbons (Fsp3) is 0.464. The predicted molar refractivity (Wildman–Crippen MR) is 129 cm³/mol. The van der Waals surface area contributed by atoms with Gasteiger partial charge in [0, 0.05) is 24.4 Å². The highest BCUT2D eigenvalue weighted by atomic mass is 16.5. The van der Waals surface area contributed by atoms with Crippen LogP contribution in [0.1, 0.15) is 42.7 Å². The Morgan fingerprint density at radius 3 is 2.26 bits per heavy atom. The Kier molecular flexibility index (Phi) is 5.50. The molecule has 0 radical (unpaired) electrons. The zero-order chi connectivity index (χ0) is 24.1. The van der Waals surface area contributed by atoms with Gasteiger partial charge < -0.3 is 20.5 Å². The summed E-state index contributed by atoms with van der Waals surface area (Å²) in [7, 11) is 0. The second kappa shape index (κ2) is 8.70. The molecule has 6 atom stereocenters. The van der Waals surface area contributed by atoms with Gasteiger partial charge in [0.1, 0.15) is 6.61 Å². The third kappa shape index (κ3) is 4.07. The number of fused-ring (bicyclic) bond motifs is 4. The minimum Gasteiger partial charge on any atom is -0.481 e. The summed E-state index contributed by atoms with van der Waals surface area (Å²) in [5.74, 6) is -0.245. The maximum atomic E-state index is 12.6. The number of hydrogen-bond acceptors (Lipinski definition) is 4. The molecule has 2 aromatic rings. The first kappa shape index (κ1) is 22.1. The van der Waals surface area contributed by atoms with Crippen molar-refractivity contribution in [1.29, 1.82) is 0 Å². The van der Waals surface area contributed by atoms with E-state index in [1.54, 1.807) is 0 Å². The van der Waals surface area contributed by atoms with Crippen molar-refractivity contribution in [2.45, 2.75) is 37.6 Å². The molecule has 4 aliphatic rings. The number of carboxylic acid groups (broad SMARTS) is 1. The number of carboxylic acids is 1.